The minimum Gasteiger partial charge on any atom is -0.478 e. The van der Waals surface area contributed by atoms with Crippen LogP contribution in [0.3, 0.4) is 0 Å². The fourth-order valence-electron chi connectivity index (χ4n) is 1.65. The topological polar surface area (TPSA) is 37.3 Å². The zero-order chi connectivity index (χ0) is 14.5. The van der Waals surface area contributed by atoms with Crippen LogP contribution in [0.15, 0.2) is 52.3 Å². The van der Waals surface area contributed by atoms with Gasteiger partial charge in [-0.2, -0.15) is 0 Å². The van der Waals surface area contributed by atoms with Gasteiger partial charge < -0.3 is 5.11 Å². The summed E-state index contributed by atoms with van der Waals surface area (Å²) in [6.07, 6.45) is 2.05. The van der Waals surface area contributed by atoms with E-state index in [0.29, 0.717) is 0 Å². The van der Waals surface area contributed by atoms with Gasteiger partial charge in [0.1, 0.15) is 0 Å². The van der Waals surface area contributed by atoms with Crippen molar-refractivity contribution >= 4 is 41.1 Å². The highest BCUT2D eigenvalue weighted by molar-refractivity contribution is 7.98. The van der Waals surface area contributed by atoms with Gasteiger partial charge in [0.05, 0.1) is 10.6 Å². The SMILES string of the molecule is CSc1ccc(CSc2ccc(Cl)c(C(=O)O)c2)cc1. The van der Waals surface area contributed by atoms with E-state index in [4.69, 9.17) is 16.7 Å². The van der Waals surface area contributed by atoms with Crippen molar-refractivity contribution in [2.75, 3.05) is 6.26 Å². The molecule has 0 bridgehead atoms. The van der Waals surface area contributed by atoms with E-state index in [-0.39, 0.29) is 10.6 Å². The molecule has 0 radical (unpaired) electrons. The van der Waals surface area contributed by atoms with E-state index in [1.165, 1.54) is 10.5 Å². The molecule has 104 valence electrons. The monoisotopic (exact) mass is 324 g/mol. The second-order valence-electron chi connectivity index (χ2n) is 4.08. The van der Waals surface area contributed by atoms with E-state index >= 15 is 0 Å². The molecule has 0 fully saturated rings. The minimum atomic E-state index is -0.998. The molecule has 0 heterocycles. The van der Waals surface area contributed by atoms with Crippen LogP contribution in [0.2, 0.25) is 5.02 Å². The minimum absolute atomic E-state index is 0.148. The molecule has 0 spiro atoms. The Bertz CT molecular complexity index is 612. The first kappa shape index (κ1) is 15.3. The molecule has 0 saturated heterocycles. The molecule has 0 amide bonds. The summed E-state index contributed by atoms with van der Waals surface area (Å²) in [4.78, 5) is 13.2. The van der Waals surface area contributed by atoms with Crippen molar-refractivity contribution in [1.29, 1.82) is 0 Å². The fourth-order valence-corrected chi connectivity index (χ4v) is 3.14. The van der Waals surface area contributed by atoms with Crippen LogP contribution >= 0.6 is 35.1 Å². The average Bonchev–Trinajstić information content (AvgIpc) is 2.46. The van der Waals surface area contributed by atoms with Gasteiger partial charge in [0, 0.05) is 15.5 Å². The van der Waals surface area contributed by atoms with Crippen molar-refractivity contribution in [3.05, 3.63) is 58.6 Å². The number of hydrogen-bond acceptors (Lipinski definition) is 3. The maximum Gasteiger partial charge on any atom is 0.337 e. The van der Waals surface area contributed by atoms with Crippen LogP contribution < -0.4 is 0 Å². The fraction of sp³-hybridized carbons (Fsp3) is 0.133. The summed E-state index contributed by atoms with van der Waals surface area (Å²) in [5.41, 5.74) is 1.36. The second kappa shape index (κ2) is 7.07. The average molecular weight is 325 g/mol. The number of hydrogen-bond donors (Lipinski definition) is 1. The third-order valence-corrected chi connectivity index (χ3v) is 4.87. The Morgan fingerprint density at radius 3 is 2.40 bits per heavy atom. The zero-order valence-electron chi connectivity index (χ0n) is 10.8. The first-order valence-corrected chi connectivity index (χ1v) is 8.47. The Kier molecular flexibility index (Phi) is 5.40. The molecule has 1 N–H and O–H groups in total. The van der Waals surface area contributed by atoms with E-state index in [9.17, 15) is 4.79 Å². The van der Waals surface area contributed by atoms with Crippen molar-refractivity contribution in [2.45, 2.75) is 15.5 Å². The summed E-state index contributed by atoms with van der Waals surface area (Å²) in [5.74, 6) is -0.197. The number of halogens is 1. The molecule has 0 aromatic heterocycles. The number of thioether (sulfide) groups is 2. The van der Waals surface area contributed by atoms with Gasteiger partial charge in [0.15, 0.2) is 0 Å². The summed E-state index contributed by atoms with van der Waals surface area (Å²) in [5, 5.41) is 9.31. The summed E-state index contributed by atoms with van der Waals surface area (Å²) in [6, 6.07) is 13.4. The summed E-state index contributed by atoms with van der Waals surface area (Å²) < 4.78 is 0. The predicted octanol–water partition coefficient (Wildman–Crippen LogP) is 5.05. The number of benzene rings is 2. The predicted molar refractivity (Wildman–Crippen MR) is 86.2 cm³/mol. The highest BCUT2D eigenvalue weighted by Crippen LogP contribution is 2.27. The summed E-state index contributed by atoms with van der Waals surface area (Å²) >= 11 is 9.16. The van der Waals surface area contributed by atoms with E-state index in [1.54, 1.807) is 35.7 Å². The van der Waals surface area contributed by atoms with Crippen LogP contribution in [-0.4, -0.2) is 17.3 Å². The van der Waals surface area contributed by atoms with Gasteiger partial charge in [0.25, 0.3) is 0 Å². The molecule has 0 aliphatic heterocycles. The highest BCUT2D eigenvalue weighted by atomic mass is 35.5. The van der Waals surface area contributed by atoms with Crippen LogP contribution in [0, 0.1) is 0 Å². The lowest BCUT2D eigenvalue weighted by Crippen LogP contribution is -1.97. The Morgan fingerprint density at radius 2 is 1.80 bits per heavy atom. The van der Waals surface area contributed by atoms with Crippen molar-refractivity contribution in [1.82, 2.24) is 0 Å². The maximum absolute atomic E-state index is 11.0. The molecular weight excluding hydrogens is 312 g/mol. The van der Waals surface area contributed by atoms with Crippen molar-refractivity contribution in [2.24, 2.45) is 0 Å². The molecule has 0 atom stereocenters. The lowest BCUT2D eigenvalue weighted by atomic mass is 10.2. The van der Waals surface area contributed by atoms with Gasteiger partial charge in [-0.15, -0.1) is 23.5 Å². The number of carboxylic acids is 1. The molecular formula is C15H13ClO2S2. The molecule has 2 aromatic rings. The molecule has 5 heteroatoms. The zero-order valence-corrected chi connectivity index (χ0v) is 13.2. The Balaban J connectivity index is 2.06. The molecule has 2 aromatic carbocycles. The Labute approximate surface area is 131 Å². The molecule has 0 unspecified atom stereocenters. The number of carbonyl (C=O) groups is 1. The van der Waals surface area contributed by atoms with E-state index in [2.05, 4.69) is 24.3 Å². The van der Waals surface area contributed by atoms with Crippen molar-refractivity contribution < 1.29 is 9.90 Å². The molecule has 2 rings (SSSR count). The second-order valence-corrected chi connectivity index (χ2v) is 6.42. The van der Waals surface area contributed by atoms with E-state index in [1.807, 2.05) is 12.3 Å². The molecule has 0 saturated carbocycles. The van der Waals surface area contributed by atoms with Gasteiger partial charge in [0.2, 0.25) is 0 Å². The Hall–Kier alpha value is -1.10. The largest absolute Gasteiger partial charge is 0.478 e. The van der Waals surface area contributed by atoms with Crippen LogP contribution in [0.5, 0.6) is 0 Å². The third kappa shape index (κ3) is 3.95. The smallest absolute Gasteiger partial charge is 0.337 e. The number of aromatic carboxylic acids is 1. The number of carboxylic acid groups (broad SMARTS) is 1. The van der Waals surface area contributed by atoms with Gasteiger partial charge >= 0.3 is 5.97 Å². The van der Waals surface area contributed by atoms with Crippen LogP contribution in [0.1, 0.15) is 15.9 Å². The van der Waals surface area contributed by atoms with Crippen LogP contribution in [-0.2, 0) is 5.75 Å². The molecule has 2 nitrogen and oxygen atoms in total. The van der Waals surface area contributed by atoms with Gasteiger partial charge in [-0.05, 0) is 42.2 Å². The molecule has 0 aliphatic carbocycles. The molecule has 20 heavy (non-hydrogen) atoms. The van der Waals surface area contributed by atoms with Crippen molar-refractivity contribution in [3.63, 3.8) is 0 Å². The van der Waals surface area contributed by atoms with Crippen molar-refractivity contribution in [3.8, 4) is 0 Å². The maximum atomic E-state index is 11.0. The van der Waals surface area contributed by atoms with Gasteiger partial charge in [-0.25, -0.2) is 4.79 Å². The normalized spacial score (nSPS) is 10.5. The Morgan fingerprint density at radius 1 is 1.15 bits per heavy atom. The molecule has 0 aliphatic rings. The first-order chi connectivity index (χ1) is 9.60. The summed E-state index contributed by atoms with van der Waals surface area (Å²) in [6.45, 7) is 0. The highest BCUT2D eigenvalue weighted by Gasteiger charge is 2.09. The van der Waals surface area contributed by atoms with E-state index < -0.39 is 5.97 Å². The summed E-state index contributed by atoms with van der Waals surface area (Å²) in [7, 11) is 0. The quantitative estimate of drug-likeness (QED) is 0.781. The van der Waals surface area contributed by atoms with Gasteiger partial charge in [-0.3, -0.25) is 0 Å². The lowest BCUT2D eigenvalue weighted by molar-refractivity contribution is 0.0697. The number of rotatable bonds is 5. The van der Waals surface area contributed by atoms with Crippen LogP contribution in [0.25, 0.3) is 0 Å². The van der Waals surface area contributed by atoms with E-state index in [0.717, 1.165) is 10.6 Å². The third-order valence-electron chi connectivity index (χ3n) is 2.73. The lowest BCUT2D eigenvalue weighted by Gasteiger charge is -2.05. The standard InChI is InChI=1S/C15H13ClO2S2/c1-19-11-4-2-10(3-5-11)9-20-12-6-7-14(16)13(8-12)15(17)18/h2-8H,9H2,1H3,(H,17,18). The first-order valence-electron chi connectivity index (χ1n) is 5.88. The van der Waals surface area contributed by atoms with Crippen LogP contribution in [0.4, 0.5) is 0 Å². The van der Waals surface area contributed by atoms with Gasteiger partial charge in [-0.1, -0.05) is 23.7 Å².